The fourth-order valence-corrected chi connectivity index (χ4v) is 3.07. The van der Waals surface area contributed by atoms with E-state index in [9.17, 15) is 19.4 Å². The second-order valence-electron chi connectivity index (χ2n) is 4.80. The lowest BCUT2D eigenvalue weighted by molar-refractivity contribution is 0.380. The maximum atomic E-state index is 12.8. The number of halogens is 5. The molecule has 0 N–H and O–H groups in total. The quantitative estimate of drug-likeness (QED) is 0.417. The summed E-state index contributed by atoms with van der Waals surface area (Å²) >= 11 is 0. The lowest BCUT2D eigenvalue weighted by Gasteiger charge is -2.40. The summed E-state index contributed by atoms with van der Waals surface area (Å²) in [7, 11) is -10.1. The fraction of sp³-hybridized carbons (Fsp3) is 0.500. The molecule has 0 aromatic carbocycles. The highest BCUT2D eigenvalue weighted by atomic mass is 32.5. The molecule has 3 nitrogen and oxygen atoms in total. The zero-order valence-electron chi connectivity index (χ0n) is 11.5. The summed E-state index contributed by atoms with van der Waals surface area (Å²) < 4.78 is 64.2. The van der Waals surface area contributed by atoms with Crippen molar-refractivity contribution in [3.63, 3.8) is 0 Å². The third kappa shape index (κ3) is 3.88. The lowest BCUT2D eigenvalue weighted by Crippen LogP contribution is -2.19. The van der Waals surface area contributed by atoms with Gasteiger partial charge in [-0.2, -0.15) is 10.5 Å². The molecule has 1 aliphatic heterocycles. The topological polar surface area (TPSA) is 50.8 Å². The minimum absolute atomic E-state index is 0.182. The molecule has 0 amide bonds. The van der Waals surface area contributed by atoms with E-state index in [1.807, 2.05) is 0 Å². The Hall–Kier alpha value is -1.74. The van der Waals surface area contributed by atoms with Crippen molar-refractivity contribution >= 4 is 10.2 Å². The molecule has 1 heterocycles. The molecule has 1 rings (SSSR count). The number of hydrogen-bond donors (Lipinski definition) is 0. The zero-order chi connectivity index (χ0) is 16.5. The van der Waals surface area contributed by atoms with E-state index < -0.39 is 26.3 Å². The van der Waals surface area contributed by atoms with Crippen molar-refractivity contribution in [1.82, 2.24) is 4.90 Å². The van der Waals surface area contributed by atoms with Crippen LogP contribution in [0.15, 0.2) is 21.7 Å². The third-order valence-electron chi connectivity index (χ3n) is 3.26. The summed E-state index contributed by atoms with van der Waals surface area (Å²) in [6.07, 6.45) is 1.62. The number of rotatable bonds is 3. The number of allylic oxidation sites excluding steroid dienone is 4. The van der Waals surface area contributed by atoms with Crippen molar-refractivity contribution in [2.75, 3.05) is 13.1 Å². The predicted octanol–water partition coefficient (Wildman–Crippen LogP) is 4.98. The smallest absolute Gasteiger partial charge is 0.319 e. The van der Waals surface area contributed by atoms with Gasteiger partial charge in [0.05, 0.1) is 5.57 Å². The van der Waals surface area contributed by atoms with Gasteiger partial charge in [0.15, 0.2) is 4.91 Å². The van der Waals surface area contributed by atoms with E-state index in [4.69, 9.17) is 10.5 Å². The van der Waals surface area contributed by atoms with Gasteiger partial charge in [0.2, 0.25) is 0 Å². The molecular formula is C12H14F5N3S. The molecule has 9 heteroatoms. The van der Waals surface area contributed by atoms with Gasteiger partial charge < -0.3 is 4.90 Å². The second kappa shape index (κ2) is 4.63. The Kier molecular flexibility index (Phi) is 3.82. The normalized spacial score (nSPS) is 21.5. The number of likely N-dealkylation sites (tertiary alicyclic amines) is 1. The van der Waals surface area contributed by atoms with Gasteiger partial charge >= 0.3 is 10.2 Å². The first-order chi connectivity index (χ1) is 9.31. The Morgan fingerprint density at radius 1 is 0.952 bits per heavy atom. The van der Waals surface area contributed by atoms with Gasteiger partial charge in [0.25, 0.3) is 0 Å². The molecule has 0 radical (unpaired) electrons. The van der Waals surface area contributed by atoms with Crippen LogP contribution in [-0.2, 0) is 0 Å². The molecule has 0 atom stereocenters. The van der Waals surface area contributed by atoms with Crippen molar-refractivity contribution in [3.05, 3.63) is 21.7 Å². The van der Waals surface area contributed by atoms with E-state index in [2.05, 4.69) is 0 Å². The highest BCUT2D eigenvalue weighted by Gasteiger charge is 2.68. The standard InChI is InChI=1S/C12H14F5N3S/c1-9(12(8-19)21(13,14,15,16)17)11(7-18)10(2)20-5-3-4-6-20/h3-6H2,1-2H3/b11-10+,12-9-. The minimum Gasteiger partial charge on any atom is -0.374 e. The summed E-state index contributed by atoms with van der Waals surface area (Å²) in [5.41, 5.74) is -1.37. The molecule has 1 fully saturated rings. The van der Waals surface area contributed by atoms with E-state index in [-0.39, 0.29) is 5.70 Å². The van der Waals surface area contributed by atoms with Crippen LogP contribution in [-0.4, -0.2) is 18.0 Å². The molecule has 0 aliphatic carbocycles. The van der Waals surface area contributed by atoms with Gasteiger partial charge in [-0.25, -0.2) is 0 Å². The Bertz CT molecular complexity index is 597. The predicted molar refractivity (Wildman–Crippen MR) is 70.6 cm³/mol. The average Bonchev–Trinajstić information content (AvgIpc) is 2.79. The van der Waals surface area contributed by atoms with E-state index >= 15 is 0 Å². The number of nitrogens with zero attached hydrogens (tertiary/aromatic N) is 3. The Morgan fingerprint density at radius 3 is 1.76 bits per heavy atom. The second-order valence-corrected chi connectivity index (χ2v) is 7.15. The van der Waals surface area contributed by atoms with Crippen LogP contribution < -0.4 is 0 Å². The van der Waals surface area contributed by atoms with Crippen LogP contribution in [0.1, 0.15) is 26.7 Å². The molecule has 1 aliphatic rings. The summed E-state index contributed by atoms with van der Waals surface area (Å²) in [6.45, 7) is 3.22. The monoisotopic (exact) mass is 327 g/mol. The molecule has 0 aromatic heterocycles. The Labute approximate surface area is 119 Å². The molecular weight excluding hydrogens is 313 g/mol. The first-order valence-electron chi connectivity index (χ1n) is 6.03. The number of nitriles is 2. The van der Waals surface area contributed by atoms with Crippen LogP contribution in [0.3, 0.4) is 0 Å². The van der Waals surface area contributed by atoms with Gasteiger partial charge in [-0.1, -0.05) is 19.4 Å². The molecule has 21 heavy (non-hydrogen) atoms. The van der Waals surface area contributed by atoms with Crippen LogP contribution in [0, 0.1) is 22.7 Å². The highest BCUT2D eigenvalue weighted by molar-refractivity contribution is 8.49. The minimum atomic E-state index is -10.1. The van der Waals surface area contributed by atoms with Crippen LogP contribution in [0.5, 0.6) is 0 Å². The summed E-state index contributed by atoms with van der Waals surface area (Å²) in [6, 6.07) is 2.05. The van der Waals surface area contributed by atoms with Gasteiger partial charge in [0, 0.05) is 24.4 Å². The van der Waals surface area contributed by atoms with Gasteiger partial charge in [0.1, 0.15) is 12.1 Å². The van der Waals surface area contributed by atoms with Crippen molar-refractivity contribution in [2.45, 2.75) is 26.7 Å². The molecule has 1 saturated heterocycles. The SMILES string of the molecule is CC(/C(C#N)=C(\C)N1CCCC1)=C(\C#N)S(F)(F)(F)(F)F. The van der Waals surface area contributed by atoms with Crippen molar-refractivity contribution in [1.29, 1.82) is 10.5 Å². The molecule has 0 saturated carbocycles. The summed E-state index contributed by atoms with van der Waals surface area (Å²) in [4.78, 5) is -0.896. The maximum Gasteiger partial charge on any atom is 0.319 e. The van der Waals surface area contributed by atoms with E-state index in [0.717, 1.165) is 19.8 Å². The third-order valence-corrected chi connectivity index (χ3v) is 4.43. The van der Waals surface area contributed by atoms with E-state index in [1.54, 1.807) is 4.90 Å². The van der Waals surface area contributed by atoms with Crippen LogP contribution >= 0.6 is 10.2 Å². The summed E-state index contributed by atoms with van der Waals surface area (Å²) in [5.74, 6) is 0. The van der Waals surface area contributed by atoms with Crippen molar-refractivity contribution in [2.24, 2.45) is 0 Å². The van der Waals surface area contributed by atoms with Crippen LogP contribution in [0.2, 0.25) is 0 Å². The lowest BCUT2D eigenvalue weighted by atomic mass is 10.1. The van der Waals surface area contributed by atoms with Crippen molar-refractivity contribution in [3.8, 4) is 12.1 Å². The number of hydrogen-bond acceptors (Lipinski definition) is 3. The Morgan fingerprint density at radius 2 is 1.43 bits per heavy atom. The molecule has 118 valence electrons. The maximum absolute atomic E-state index is 12.8. The van der Waals surface area contributed by atoms with Crippen molar-refractivity contribution < 1.29 is 19.4 Å². The molecule has 0 unspecified atom stereocenters. The highest BCUT2D eigenvalue weighted by Crippen LogP contribution is 3.02. The molecule has 0 spiro atoms. The fourth-order valence-electron chi connectivity index (χ4n) is 2.22. The molecule has 0 aromatic rings. The van der Waals surface area contributed by atoms with Gasteiger partial charge in [-0.3, -0.25) is 0 Å². The van der Waals surface area contributed by atoms with Gasteiger partial charge in [-0.05, 0) is 26.7 Å². The zero-order valence-corrected chi connectivity index (χ0v) is 12.3. The Balaban J connectivity index is 3.55. The van der Waals surface area contributed by atoms with E-state index in [0.29, 0.717) is 19.2 Å². The molecule has 0 bridgehead atoms. The van der Waals surface area contributed by atoms with Gasteiger partial charge in [-0.15, -0.1) is 0 Å². The van der Waals surface area contributed by atoms with Crippen LogP contribution in [0.4, 0.5) is 19.4 Å². The van der Waals surface area contributed by atoms with E-state index in [1.165, 1.54) is 13.0 Å². The first-order valence-corrected chi connectivity index (χ1v) is 7.98. The largest absolute Gasteiger partial charge is 0.374 e. The first kappa shape index (κ1) is 17.3. The van der Waals surface area contributed by atoms with Crippen LogP contribution in [0.25, 0.3) is 0 Å². The average molecular weight is 327 g/mol. The summed E-state index contributed by atoms with van der Waals surface area (Å²) in [5, 5.41) is 17.6.